The van der Waals surface area contributed by atoms with Crippen molar-refractivity contribution in [1.29, 1.82) is 0 Å². The lowest BCUT2D eigenvalue weighted by Gasteiger charge is -2.26. The number of thioether (sulfide) groups is 1. The molecule has 5 amide bonds. The first kappa shape index (κ1) is 28.2. The van der Waals surface area contributed by atoms with Gasteiger partial charge in [-0.25, -0.2) is 32.0 Å². The Hall–Kier alpha value is -3.37. The summed E-state index contributed by atoms with van der Waals surface area (Å²) in [4.78, 5) is 62.9. The predicted molar refractivity (Wildman–Crippen MR) is 131 cm³/mol. The van der Waals surface area contributed by atoms with Gasteiger partial charge in [0.25, 0.3) is 0 Å². The molecule has 202 valence electrons. The van der Waals surface area contributed by atoms with E-state index in [0.29, 0.717) is 9.21 Å². The molecule has 16 heteroatoms. The fourth-order valence-corrected chi connectivity index (χ4v) is 6.27. The second-order valence-electron chi connectivity index (χ2n) is 8.97. The van der Waals surface area contributed by atoms with E-state index in [0.717, 1.165) is 18.0 Å². The molecule has 2 saturated heterocycles. The van der Waals surface area contributed by atoms with Crippen molar-refractivity contribution in [3.8, 4) is 0 Å². The highest BCUT2D eigenvalue weighted by molar-refractivity contribution is 8.01. The number of imide groups is 1. The smallest absolute Gasteiger partial charge is 0.341 e. The molecule has 37 heavy (non-hydrogen) atoms. The largest absolute Gasteiger partial charge is 0.480 e. The molecule has 0 radical (unpaired) electrons. The number of sulfonamides is 1. The second kappa shape index (κ2) is 10.5. The summed E-state index contributed by atoms with van der Waals surface area (Å²) in [7, 11) is -3.90. The number of hydrogen-bond donors (Lipinski definition) is 5. The lowest BCUT2D eigenvalue weighted by molar-refractivity contribution is -0.143. The molecule has 0 aliphatic carbocycles. The van der Waals surface area contributed by atoms with Crippen LogP contribution in [0.1, 0.15) is 25.5 Å². The van der Waals surface area contributed by atoms with Crippen LogP contribution < -0.4 is 16.0 Å². The van der Waals surface area contributed by atoms with Gasteiger partial charge in [-0.2, -0.15) is 0 Å². The van der Waals surface area contributed by atoms with Gasteiger partial charge in [-0.1, -0.05) is 30.3 Å². The van der Waals surface area contributed by atoms with Crippen LogP contribution in [-0.2, 0) is 24.4 Å². The molecule has 0 unspecified atom stereocenters. The summed E-state index contributed by atoms with van der Waals surface area (Å²) in [6.07, 6.45) is 0.823. The first-order chi connectivity index (χ1) is 17.1. The monoisotopic (exact) mass is 557 g/mol. The van der Waals surface area contributed by atoms with E-state index in [1.54, 1.807) is 32.0 Å². The van der Waals surface area contributed by atoms with Crippen LogP contribution in [0.2, 0.25) is 0 Å². The number of hydrogen-bond acceptors (Lipinski definition) is 9. The average molecular weight is 558 g/mol. The minimum atomic E-state index is -3.90. The van der Waals surface area contributed by atoms with Crippen molar-refractivity contribution in [2.75, 3.05) is 19.3 Å². The maximum Gasteiger partial charge on any atom is 0.341 e. The van der Waals surface area contributed by atoms with Crippen molar-refractivity contribution >= 4 is 51.7 Å². The number of carbonyl (C=O) groups excluding carboxylic acids is 3. The fourth-order valence-electron chi connectivity index (χ4n) is 3.99. The third-order valence-corrected chi connectivity index (χ3v) is 8.49. The quantitative estimate of drug-likeness (QED) is 0.278. The average Bonchev–Trinajstić information content (AvgIpc) is 3.34. The molecule has 2 heterocycles. The molecule has 0 aromatic heterocycles. The Labute approximate surface area is 216 Å². The van der Waals surface area contributed by atoms with E-state index in [9.17, 15) is 42.6 Å². The molecule has 4 atom stereocenters. The van der Waals surface area contributed by atoms with Crippen LogP contribution in [0.3, 0.4) is 0 Å². The zero-order valence-electron chi connectivity index (χ0n) is 20.1. The molecular formula is C21H27N5O9S2. The molecule has 0 spiro atoms. The van der Waals surface area contributed by atoms with E-state index >= 15 is 0 Å². The third kappa shape index (κ3) is 6.14. The second-order valence-corrected chi connectivity index (χ2v) is 12.7. The molecular weight excluding hydrogens is 530 g/mol. The predicted octanol–water partition coefficient (Wildman–Crippen LogP) is -0.402. The van der Waals surface area contributed by atoms with Gasteiger partial charge in [0.2, 0.25) is 15.9 Å². The summed E-state index contributed by atoms with van der Waals surface area (Å²) in [5.74, 6) is -3.54. The van der Waals surface area contributed by atoms with E-state index in [1.807, 2.05) is 0 Å². The molecule has 0 bridgehead atoms. The molecule has 2 aliphatic rings. The third-order valence-electron chi connectivity index (χ3n) is 5.85. The SMILES string of the molecule is CC1(C)S[C@@H]([C@H](NC(=O)[C@H](NC(=O)N2CCN(S(C)(=O)=O)C2=O)c2ccccc2)C(=O)O)N[C@H]1C(=O)O. The van der Waals surface area contributed by atoms with Crippen molar-refractivity contribution in [3.63, 3.8) is 0 Å². The Morgan fingerprint density at radius 2 is 1.73 bits per heavy atom. The summed E-state index contributed by atoms with van der Waals surface area (Å²) in [5, 5.41) is 25.7. The van der Waals surface area contributed by atoms with Crippen molar-refractivity contribution in [2.45, 2.75) is 42.1 Å². The molecule has 1 aromatic carbocycles. The molecule has 2 fully saturated rings. The normalized spacial score (nSPS) is 22.8. The zero-order valence-corrected chi connectivity index (χ0v) is 21.7. The van der Waals surface area contributed by atoms with Crippen LogP contribution in [0.5, 0.6) is 0 Å². The summed E-state index contributed by atoms with van der Waals surface area (Å²) in [5.41, 5.74) is 0.264. The Morgan fingerprint density at radius 3 is 2.22 bits per heavy atom. The Kier molecular flexibility index (Phi) is 8.04. The van der Waals surface area contributed by atoms with Crippen LogP contribution in [0.4, 0.5) is 9.59 Å². The standard InChI is InChI=1S/C21H27N5O9S2/c1-21(2)14(18(30)31)24-16(36-21)13(17(28)29)22-15(27)12(11-7-5-4-6-8-11)23-19(32)25-9-10-26(20(25)33)37(3,34)35/h4-8,12-14,16,24H,9-10H2,1-3H3,(H,22,27)(H,23,32)(H,28,29)(H,30,31)/t12-,13+,14+,16+/m1/s1. The number of carboxylic acid groups (broad SMARTS) is 2. The number of urea groups is 2. The van der Waals surface area contributed by atoms with Gasteiger partial charge in [-0.3, -0.25) is 14.9 Å². The molecule has 14 nitrogen and oxygen atoms in total. The maximum absolute atomic E-state index is 13.3. The number of nitrogens with zero attached hydrogens (tertiary/aromatic N) is 2. The molecule has 0 saturated carbocycles. The summed E-state index contributed by atoms with van der Waals surface area (Å²) in [6, 6.07) is 1.59. The maximum atomic E-state index is 13.3. The van der Waals surface area contributed by atoms with Gasteiger partial charge in [-0.05, 0) is 19.4 Å². The van der Waals surface area contributed by atoms with Crippen LogP contribution >= 0.6 is 11.8 Å². The topological polar surface area (TPSA) is 203 Å². The Balaban J connectivity index is 1.83. The Morgan fingerprint density at radius 1 is 1.11 bits per heavy atom. The van der Waals surface area contributed by atoms with E-state index < -0.39 is 68.2 Å². The van der Waals surface area contributed by atoms with Crippen LogP contribution in [0, 0.1) is 0 Å². The lowest BCUT2D eigenvalue weighted by Crippen LogP contribution is -2.56. The minimum Gasteiger partial charge on any atom is -0.480 e. The van der Waals surface area contributed by atoms with Crippen molar-refractivity contribution in [2.24, 2.45) is 0 Å². The zero-order chi connectivity index (χ0) is 27.7. The van der Waals surface area contributed by atoms with Gasteiger partial charge in [0.05, 0.1) is 24.7 Å². The highest BCUT2D eigenvalue weighted by Crippen LogP contribution is 2.39. The first-order valence-electron chi connectivity index (χ1n) is 11.0. The van der Waals surface area contributed by atoms with Crippen LogP contribution in [0.25, 0.3) is 0 Å². The fraction of sp³-hybridized carbons (Fsp3) is 0.476. The summed E-state index contributed by atoms with van der Waals surface area (Å²) in [6.45, 7) is 2.76. The summed E-state index contributed by atoms with van der Waals surface area (Å²) < 4.78 is 23.2. The van der Waals surface area contributed by atoms with Crippen LogP contribution in [0.15, 0.2) is 30.3 Å². The van der Waals surface area contributed by atoms with Crippen LogP contribution in [-0.4, -0.2) is 99.3 Å². The number of amides is 5. The van der Waals surface area contributed by atoms with Gasteiger partial charge in [0, 0.05) is 4.75 Å². The molecule has 1 aromatic rings. The number of aliphatic carboxylic acids is 2. The summed E-state index contributed by atoms with van der Waals surface area (Å²) >= 11 is 1.04. The number of carboxylic acids is 2. The van der Waals surface area contributed by atoms with Crippen molar-refractivity contribution in [3.05, 3.63) is 35.9 Å². The highest BCUT2D eigenvalue weighted by Gasteiger charge is 2.50. The van der Waals surface area contributed by atoms with E-state index in [4.69, 9.17) is 0 Å². The van der Waals surface area contributed by atoms with E-state index in [-0.39, 0.29) is 18.7 Å². The molecule has 2 aliphatic heterocycles. The Bertz CT molecular complexity index is 1210. The van der Waals surface area contributed by atoms with Gasteiger partial charge in [0.15, 0.2) is 6.04 Å². The van der Waals surface area contributed by atoms with Gasteiger partial charge in [0.1, 0.15) is 12.1 Å². The van der Waals surface area contributed by atoms with Gasteiger partial charge >= 0.3 is 24.0 Å². The first-order valence-corrected chi connectivity index (χ1v) is 13.7. The number of rotatable bonds is 8. The number of benzene rings is 1. The number of nitrogens with one attached hydrogen (secondary N) is 3. The molecule has 5 N–H and O–H groups in total. The van der Waals surface area contributed by atoms with Gasteiger partial charge < -0.3 is 20.8 Å². The molecule has 3 rings (SSSR count). The van der Waals surface area contributed by atoms with Crippen molar-refractivity contribution < 1.29 is 42.6 Å². The highest BCUT2D eigenvalue weighted by atomic mass is 32.2. The van der Waals surface area contributed by atoms with Crippen molar-refractivity contribution in [1.82, 2.24) is 25.2 Å². The lowest BCUT2D eigenvalue weighted by atomic mass is 10.0. The van der Waals surface area contributed by atoms with E-state index in [1.165, 1.54) is 12.1 Å². The minimum absolute atomic E-state index is 0.243. The van der Waals surface area contributed by atoms with E-state index in [2.05, 4.69) is 16.0 Å². The number of carbonyl (C=O) groups is 5. The van der Waals surface area contributed by atoms with Gasteiger partial charge in [-0.15, -0.1) is 11.8 Å².